The summed E-state index contributed by atoms with van der Waals surface area (Å²) in [7, 11) is -19.4. The molecule has 88 heavy (non-hydrogen) atoms. The second kappa shape index (κ2) is 25.4. The second-order valence-electron chi connectivity index (χ2n) is 18.2. The Morgan fingerprint density at radius 2 is 0.670 bits per heavy atom. The number of rotatable bonds is 16. The van der Waals surface area contributed by atoms with Gasteiger partial charge in [0.2, 0.25) is 34.4 Å². The van der Waals surface area contributed by atoms with E-state index in [4.69, 9.17) is 23.2 Å². The van der Waals surface area contributed by atoms with Gasteiger partial charge in [-0.25, -0.2) is 0 Å². The van der Waals surface area contributed by atoms with Crippen molar-refractivity contribution in [3.8, 4) is 11.5 Å². The van der Waals surface area contributed by atoms with Crippen LogP contribution in [0.5, 0.6) is 11.5 Å². The average molecular weight is 1320 g/mol. The third kappa shape index (κ3) is 14.4. The van der Waals surface area contributed by atoms with Gasteiger partial charge >= 0.3 is 59.1 Å². The Morgan fingerprint density at radius 3 is 1.01 bits per heavy atom. The SMILES string of the molecule is O=S(=O)(O)c1cc2cc(N=Nc3ccc4cccc(S(=O)(=O)O)c4c3)ccc2c([O-])c1Nc1nc(Cl)nc(Nc2ccc(Nc3nc(Cl)nc(Nc4c(S(=O)(=O)O)cc5cc(N=Nc6ccc7cccc(S(=O)(=O)O)c7c6)ccc5c4[O-])n3)cc2)n1.[Na+].[Na+]. The van der Waals surface area contributed by atoms with Crippen molar-refractivity contribution in [1.29, 1.82) is 0 Å². The first-order valence-corrected chi connectivity index (χ1v) is 30.6. The van der Waals surface area contributed by atoms with Gasteiger partial charge in [-0.3, -0.25) is 18.2 Å². The number of hydrogen-bond acceptors (Lipinski definition) is 24. The normalized spacial score (nSPS) is 12.2. The molecule has 11 aromatic rings. The molecule has 0 spiro atoms. The number of benzene rings is 9. The number of hydrogen-bond donors (Lipinski definition) is 8. The fourth-order valence-corrected chi connectivity index (χ4v) is 11.8. The third-order valence-corrected chi connectivity index (χ3v) is 16.4. The molecule has 9 aromatic carbocycles. The molecule has 11 rings (SSSR count). The summed E-state index contributed by atoms with van der Waals surface area (Å²) in [6.45, 7) is 0. The van der Waals surface area contributed by atoms with Crippen molar-refractivity contribution in [2.24, 2.45) is 20.5 Å². The van der Waals surface area contributed by atoms with Crippen LogP contribution in [0.4, 0.5) is 69.3 Å². The minimum Gasteiger partial charge on any atom is -0.871 e. The van der Waals surface area contributed by atoms with E-state index in [2.05, 4.69) is 71.6 Å². The Hall–Kier alpha value is -7.74. The van der Waals surface area contributed by atoms with E-state index in [0.29, 0.717) is 22.1 Å². The number of fused-ring (bicyclic) bond motifs is 4. The molecule has 2 aromatic heterocycles. The predicted molar refractivity (Wildman–Crippen MR) is 312 cm³/mol. The smallest absolute Gasteiger partial charge is 0.871 e. The Morgan fingerprint density at radius 1 is 0.352 bits per heavy atom. The van der Waals surface area contributed by atoms with Crippen LogP contribution in [0.1, 0.15) is 0 Å². The number of nitrogens with one attached hydrogen (secondary N) is 4. The van der Waals surface area contributed by atoms with E-state index in [1.165, 1.54) is 97.1 Å². The molecule has 28 nitrogen and oxygen atoms in total. The Balaban J connectivity index is 0.00000461. The summed E-state index contributed by atoms with van der Waals surface area (Å²) < 4.78 is 139. The van der Waals surface area contributed by atoms with Gasteiger partial charge < -0.3 is 31.5 Å². The van der Waals surface area contributed by atoms with Gasteiger partial charge in [0.1, 0.15) is 19.6 Å². The molecular formula is C52H32Cl2N14Na2O14S4. The summed E-state index contributed by atoms with van der Waals surface area (Å²) in [4.78, 5) is 22.0. The minimum atomic E-state index is -5.12. The molecule has 0 amide bonds. The molecule has 0 aliphatic carbocycles. The van der Waals surface area contributed by atoms with E-state index in [1.54, 1.807) is 36.4 Å². The van der Waals surface area contributed by atoms with Crippen LogP contribution in [0, 0.1) is 0 Å². The fourth-order valence-electron chi connectivity index (χ4n) is 8.75. The Kier molecular flexibility index (Phi) is 18.7. The van der Waals surface area contributed by atoms with Crippen LogP contribution in [0.15, 0.2) is 186 Å². The van der Waals surface area contributed by atoms with Crippen molar-refractivity contribution in [3.05, 3.63) is 156 Å². The fraction of sp³-hybridized carbons (Fsp3) is 0. The Labute approximate surface area is 550 Å². The maximum atomic E-state index is 13.9. The van der Waals surface area contributed by atoms with Crippen molar-refractivity contribution >= 4 is 176 Å². The van der Waals surface area contributed by atoms with Crippen LogP contribution >= 0.6 is 23.2 Å². The largest absolute Gasteiger partial charge is 1.00 e. The van der Waals surface area contributed by atoms with E-state index in [9.17, 15) is 62.1 Å². The Bertz CT molecular complexity index is 4900. The van der Waals surface area contributed by atoms with E-state index < -0.39 is 95.6 Å². The van der Waals surface area contributed by atoms with Crippen molar-refractivity contribution in [2.45, 2.75) is 19.6 Å². The van der Waals surface area contributed by atoms with Crippen LogP contribution in [-0.2, 0) is 40.5 Å². The second-order valence-corrected chi connectivity index (χ2v) is 24.4. The van der Waals surface area contributed by atoms with Crippen molar-refractivity contribution < 1.29 is 121 Å². The van der Waals surface area contributed by atoms with E-state index in [1.807, 2.05) is 0 Å². The number of azo groups is 2. The van der Waals surface area contributed by atoms with Crippen LogP contribution in [0.3, 0.4) is 0 Å². The number of halogens is 2. The molecule has 0 saturated heterocycles. The van der Waals surface area contributed by atoms with E-state index in [-0.39, 0.29) is 136 Å². The molecule has 2 heterocycles. The van der Waals surface area contributed by atoms with E-state index in [0.717, 1.165) is 12.1 Å². The molecule has 0 unspecified atom stereocenters. The number of aromatic nitrogens is 6. The van der Waals surface area contributed by atoms with Gasteiger partial charge in [0.05, 0.1) is 34.1 Å². The topological polar surface area (TPSA) is 438 Å². The molecule has 36 heteroatoms. The first-order chi connectivity index (χ1) is 40.7. The van der Waals surface area contributed by atoms with Crippen LogP contribution in [0.25, 0.3) is 43.1 Å². The van der Waals surface area contributed by atoms with Gasteiger partial charge in [-0.15, -0.1) is 0 Å². The summed E-state index contributed by atoms with van der Waals surface area (Å²) in [5.74, 6) is -3.07. The summed E-state index contributed by atoms with van der Waals surface area (Å²) in [5.41, 5.74) is 0.0134. The van der Waals surface area contributed by atoms with Gasteiger partial charge in [-0.05, 0) is 153 Å². The molecule has 0 radical (unpaired) electrons. The van der Waals surface area contributed by atoms with Crippen molar-refractivity contribution in [3.63, 3.8) is 0 Å². The molecule has 0 saturated carbocycles. The zero-order chi connectivity index (χ0) is 61.0. The monoisotopic (exact) mass is 1320 g/mol. The molecule has 434 valence electrons. The standard InChI is InChI=1S/C52H34Cl2N14O14S4.2Na/c53-47-59-49(63-51(61-47)57-43-41(85(77,78)79)21-27-19-31(15-17-35(27)45(43)69)65-67-33-9-7-25-3-1-5-39(37(25)23-33)83(71,72)73)55-29-11-13-30(14-12-29)56-50-60-48(54)62-52(64-50)58-44-42(86(80,81)82)22-28-20-32(16-18-36(28)46(44)70)66-68-34-10-8-26-4-2-6-40(38(26)24-34)84(74,75)76;;/h1-24,69-70H,(H,71,72,73)(H,74,75,76)(H,77,78,79)(H,80,81,82)(H2,55,57,59,61,63)(H2,56,58,60,62,64);;/q;2*+1/p-2. The number of nitrogens with zero attached hydrogens (tertiary/aromatic N) is 10. The van der Waals surface area contributed by atoms with Crippen molar-refractivity contribution in [2.75, 3.05) is 21.3 Å². The van der Waals surface area contributed by atoms with Gasteiger partial charge in [-0.2, -0.15) is 84.0 Å². The molecule has 8 N–H and O–H groups in total. The van der Waals surface area contributed by atoms with Crippen molar-refractivity contribution in [1.82, 2.24) is 29.9 Å². The minimum absolute atomic E-state index is 0. The van der Waals surface area contributed by atoms with Crippen LogP contribution < -0.4 is 90.6 Å². The molecule has 0 fully saturated rings. The number of anilines is 8. The van der Waals surface area contributed by atoms with Crippen LogP contribution in [0.2, 0.25) is 10.6 Å². The first kappa shape index (κ1) is 64.7. The van der Waals surface area contributed by atoms with Gasteiger partial charge in [0.25, 0.3) is 40.5 Å². The third-order valence-electron chi connectivity index (χ3n) is 12.5. The summed E-state index contributed by atoms with van der Waals surface area (Å²) in [6, 6.07) is 33.9. The molecule has 0 bridgehead atoms. The van der Waals surface area contributed by atoms with Gasteiger partial charge in [-0.1, -0.05) is 60.0 Å². The zero-order valence-corrected chi connectivity index (χ0v) is 53.4. The zero-order valence-electron chi connectivity index (χ0n) is 44.6. The van der Waals surface area contributed by atoms with E-state index >= 15 is 0 Å². The van der Waals surface area contributed by atoms with Gasteiger partial charge in [0.15, 0.2) is 0 Å². The molecular weight excluding hydrogens is 1290 g/mol. The molecule has 0 aliphatic rings. The quantitative estimate of drug-likeness (QED) is 0.0361. The van der Waals surface area contributed by atoms with Gasteiger partial charge in [0, 0.05) is 22.1 Å². The summed E-state index contributed by atoms with van der Waals surface area (Å²) >= 11 is 12.5. The molecule has 0 atom stereocenters. The average Bonchev–Trinajstić information content (AvgIpc) is 1.13. The summed E-state index contributed by atoms with van der Waals surface area (Å²) in [5, 5.41) is 55.7. The van der Waals surface area contributed by atoms with Crippen LogP contribution in [-0.4, -0.2) is 81.8 Å². The molecule has 0 aliphatic heterocycles. The maximum absolute atomic E-state index is 13.9. The summed E-state index contributed by atoms with van der Waals surface area (Å²) in [6.07, 6.45) is 0. The first-order valence-electron chi connectivity index (χ1n) is 24.1. The predicted octanol–water partition coefficient (Wildman–Crippen LogP) is 4.92. The maximum Gasteiger partial charge on any atom is 1.00 e.